The Morgan fingerprint density at radius 1 is 1.14 bits per heavy atom. The summed E-state index contributed by atoms with van der Waals surface area (Å²) in [7, 11) is 2.82. The molecule has 1 heterocycles. The van der Waals surface area contributed by atoms with E-state index in [0.717, 1.165) is 22.0 Å². The molecule has 0 fully saturated rings. The Kier molecular flexibility index (Phi) is 6.44. The van der Waals surface area contributed by atoms with Gasteiger partial charge in [0.2, 0.25) is 0 Å². The number of nitrogens with zero attached hydrogens (tertiary/aromatic N) is 2. The summed E-state index contributed by atoms with van der Waals surface area (Å²) >= 11 is 0. The van der Waals surface area contributed by atoms with Crippen molar-refractivity contribution in [2.75, 3.05) is 20.8 Å². The zero-order chi connectivity index (χ0) is 21.0. The van der Waals surface area contributed by atoms with Gasteiger partial charge >= 0.3 is 5.97 Å². The zero-order valence-corrected chi connectivity index (χ0v) is 17.2. The molecule has 152 valence electrons. The molecule has 3 aromatic rings. The number of carbonyl (C=O) groups excluding carboxylic acids is 1. The normalized spacial score (nSPS) is 11.1. The minimum atomic E-state index is -0.401. The van der Waals surface area contributed by atoms with E-state index in [1.54, 1.807) is 6.07 Å². The Balaban J connectivity index is 1.96. The predicted octanol–water partition coefficient (Wildman–Crippen LogP) is 4.50. The second-order valence-electron chi connectivity index (χ2n) is 6.84. The monoisotopic (exact) mass is 396 g/mol. The van der Waals surface area contributed by atoms with Crippen molar-refractivity contribution < 1.29 is 18.7 Å². The van der Waals surface area contributed by atoms with E-state index in [0.29, 0.717) is 30.9 Å². The molecule has 0 aliphatic heterocycles. The first-order valence-corrected chi connectivity index (χ1v) is 9.49. The fourth-order valence-electron chi connectivity index (χ4n) is 3.49. The van der Waals surface area contributed by atoms with Gasteiger partial charge in [-0.25, -0.2) is 9.18 Å². The number of para-hydroxylation sites is 1. The lowest BCUT2D eigenvalue weighted by molar-refractivity contribution is 0.0597. The SMILES string of the molecule is CCN(Cc1ccc(OC)c(F)c1)Cc1nc2ccccc2c(C)c1C(=O)OC. The van der Waals surface area contributed by atoms with Crippen LogP contribution in [0.2, 0.25) is 0 Å². The molecular weight excluding hydrogens is 371 g/mol. The summed E-state index contributed by atoms with van der Waals surface area (Å²) in [4.78, 5) is 19.3. The number of methoxy groups -OCH3 is 2. The molecule has 6 heteroatoms. The molecular formula is C23H25FN2O3. The lowest BCUT2D eigenvalue weighted by Crippen LogP contribution is -2.25. The van der Waals surface area contributed by atoms with Crippen LogP contribution in [0.1, 0.15) is 34.1 Å². The number of aromatic nitrogens is 1. The highest BCUT2D eigenvalue weighted by molar-refractivity contribution is 5.98. The van der Waals surface area contributed by atoms with Crippen LogP contribution in [0.4, 0.5) is 4.39 Å². The van der Waals surface area contributed by atoms with Gasteiger partial charge in [0.1, 0.15) is 0 Å². The van der Waals surface area contributed by atoms with E-state index >= 15 is 0 Å². The van der Waals surface area contributed by atoms with E-state index in [-0.39, 0.29) is 5.75 Å². The third kappa shape index (κ3) is 4.38. The molecule has 3 rings (SSSR count). The first kappa shape index (κ1) is 20.7. The molecule has 0 spiro atoms. The van der Waals surface area contributed by atoms with Crippen molar-refractivity contribution in [1.82, 2.24) is 9.88 Å². The van der Waals surface area contributed by atoms with E-state index in [9.17, 15) is 9.18 Å². The maximum atomic E-state index is 14.1. The summed E-state index contributed by atoms with van der Waals surface area (Å²) in [6.45, 7) is 5.61. The second kappa shape index (κ2) is 9.01. The summed E-state index contributed by atoms with van der Waals surface area (Å²) in [5, 5.41) is 0.928. The largest absolute Gasteiger partial charge is 0.494 e. The fraction of sp³-hybridized carbons (Fsp3) is 0.304. The van der Waals surface area contributed by atoms with E-state index in [4.69, 9.17) is 14.5 Å². The van der Waals surface area contributed by atoms with Crippen LogP contribution in [0.5, 0.6) is 5.75 Å². The second-order valence-corrected chi connectivity index (χ2v) is 6.84. The maximum Gasteiger partial charge on any atom is 0.340 e. The van der Waals surface area contributed by atoms with Crippen molar-refractivity contribution in [3.05, 3.63) is 70.7 Å². The third-order valence-corrected chi connectivity index (χ3v) is 5.06. The molecule has 1 aromatic heterocycles. The summed E-state index contributed by atoms with van der Waals surface area (Å²) in [6.07, 6.45) is 0. The van der Waals surface area contributed by atoms with Crippen molar-refractivity contribution in [2.24, 2.45) is 0 Å². The highest BCUT2D eigenvalue weighted by Crippen LogP contribution is 2.25. The number of ether oxygens (including phenoxy) is 2. The predicted molar refractivity (Wildman–Crippen MR) is 111 cm³/mol. The Hall–Kier alpha value is -2.99. The molecule has 0 radical (unpaired) electrons. The van der Waals surface area contributed by atoms with Gasteiger partial charge < -0.3 is 9.47 Å². The smallest absolute Gasteiger partial charge is 0.340 e. The lowest BCUT2D eigenvalue weighted by atomic mass is 10.0. The van der Waals surface area contributed by atoms with Crippen LogP contribution >= 0.6 is 0 Å². The molecule has 0 N–H and O–H groups in total. The average molecular weight is 396 g/mol. The van der Waals surface area contributed by atoms with Gasteiger partial charge in [-0.3, -0.25) is 9.88 Å². The average Bonchev–Trinajstić information content (AvgIpc) is 2.73. The van der Waals surface area contributed by atoms with Crippen LogP contribution in [0.15, 0.2) is 42.5 Å². The van der Waals surface area contributed by atoms with E-state index in [1.807, 2.05) is 44.2 Å². The van der Waals surface area contributed by atoms with Crippen LogP contribution in [0.25, 0.3) is 10.9 Å². The van der Waals surface area contributed by atoms with Crippen LogP contribution in [0.3, 0.4) is 0 Å². The van der Waals surface area contributed by atoms with E-state index in [2.05, 4.69) is 4.90 Å². The highest BCUT2D eigenvalue weighted by atomic mass is 19.1. The Morgan fingerprint density at radius 2 is 1.90 bits per heavy atom. The van der Waals surface area contributed by atoms with Gasteiger partial charge in [0.15, 0.2) is 11.6 Å². The highest BCUT2D eigenvalue weighted by Gasteiger charge is 2.21. The Bertz CT molecular complexity index is 1040. The maximum absolute atomic E-state index is 14.1. The standard InChI is InChI=1S/C23H25FN2O3/c1-5-26(13-16-10-11-21(28-3)18(24)12-16)14-20-22(23(27)29-4)15(2)17-8-6-7-9-19(17)25-20/h6-12H,5,13-14H2,1-4H3. The van der Waals surface area contributed by atoms with Gasteiger partial charge in [0.05, 0.1) is 31.0 Å². The Morgan fingerprint density at radius 3 is 2.55 bits per heavy atom. The number of esters is 1. The van der Waals surface area contributed by atoms with Gasteiger partial charge in [-0.05, 0) is 42.8 Å². The molecule has 0 saturated carbocycles. The Labute approximate surface area is 170 Å². The molecule has 0 unspecified atom stereocenters. The molecule has 0 aliphatic carbocycles. The van der Waals surface area contributed by atoms with Crippen molar-refractivity contribution in [3.63, 3.8) is 0 Å². The summed E-state index contributed by atoms with van der Waals surface area (Å²) in [6, 6.07) is 12.7. The molecule has 0 aliphatic rings. The third-order valence-electron chi connectivity index (χ3n) is 5.06. The molecule has 0 amide bonds. The van der Waals surface area contributed by atoms with Crippen molar-refractivity contribution in [2.45, 2.75) is 26.9 Å². The van der Waals surface area contributed by atoms with Crippen LogP contribution in [-0.4, -0.2) is 36.6 Å². The van der Waals surface area contributed by atoms with Crippen molar-refractivity contribution >= 4 is 16.9 Å². The van der Waals surface area contributed by atoms with Gasteiger partial charge in [0.25, 0.3) is 0 Å². The summed E-state index contributed by atoms with van der Waals surface area (Å²) < 4.78 is 24.1. The summed E-state index contributed by atoms with van der Waals surface area (Å²) in [5.41, 5.74) is 3.65. The molecule has 5 nitrogen and oxygen atoms in total. The van der Waals surface area contributed by atoms with Gasteiger partial charge in [-0.1, -0.05) is 31.2 Å². The van der Waals surface area contributed by atoms with Crippen molar-refractivity contribution in [3.8, 4) is 5.75 Å². The van der Waals surface area contributed by atoms with Gasteiger partial charge in [-0.15, -0.1) is 0 Å². The number of hydrogen-bond donors (Lipinski definition) is 0. The number of carbonyl (C=O) groups is 1. The van der Waals surface area contributed by atoms with E-state index < -0.39 is 11.8 Å². The van der Waals surface area contributed by atoms with Gasteiger partial charge in [0, 0.05) is 18.5 Å². The number of halogens is 1. The molecule has 0 saturated heterocycles. The number of hydrogen-bond acceptors (Lipinski definition) is 5. The lowest BCUT2D eigenvalue weighted by Gasteiger charge is -2.22. The first-order valence-electron chi connectivity index (χ1n) is 9.49. The zero-order valence-electron chi connectivity index (χ0n) is 17.2. The summed E-state index contributed by atoms with van der Waals surface area (Å²) in [5.74, 6) is -0.574. The molecule has 2 aromatic carbocycles. The molecule has 0 bridgehead atoms. The van der Waals surface area contributed by atoms with E-state index in [1.165, 1.54) is 20.3 Å². The number of aryl methyl sites for hydroxylation is 1. The quantitative estimate of drug-likeness (QED) is 0.551. The number of rotatable bonds is 7. The number of benzene rings is 2. The minimum Gasteiger partial charge on any atom is -0.494 e. The molecule has 0 atom stereocenters. The van der Waals surface area contributed by atoms with Crippen molar-refractivity contribution in [1.29, 1.82) is 0 Å². The first-order chi connectivity index (χ1) is 14.0. The van der Waals surface area contributed by atoms with Gasteiger partial charge in [-0.2, -0.15) is 0 Å². The number of fused-ring (bicyclic) bond motifs is 1. The van der Waals surface area contributed by atoms with Crippen LogP contribution < -0.4 is 4.74 Å². The molecule has 29 heavy (non-hydrogen) atoms. The van der Waals surface area contributed by atoms with Crippen LogP contribution in [-0.2, 0) is 17.8 Å². The van der Waals surface area contributed by atoms with Crippen LogP contribution in [0, 0.1) is 12.7 Å². The minimum absolute atomic E-state index is 0.219. The topological polar surface area (TPSA) is 51.7 Å². The fourth-order valence-corrected chi connectivity index (χ4v) is 3.49. The number of pyridine rings is 1.